The molecule has 0 unspecified atom stereocenters. The molecule has 1 aliphatic rings. The minimum absolute atomic E-state index is 0.279. The van der Waals surface area contributed by atoms with Gasteiger partial charge in [-0.3, -0.25) is 9.59 Å². The van der Waals surface area contributed by atoms with E-state index in [9.17, 15) is 9.59 Å². The number of anilines is 3. The topological polar surface area (TPSA) is 88.0 Å². The first-order valence-electron chi connectivity index (χ1n) is 12.3. The number of benzene rings is 3. The Balaban J connectivity index is 1.55. The van der Waals surface area contributed by atoms with Crippen molar-refractivity contribution >= 4 is 40.6 Å². The van der Waals surface area contributed by atoms with Gasteiger partial charge in [0.15, 0.2) is 0 Å². The van der Waals surface area contributed by atoms with Crippen LogP contribution < -0.4 is 16.0 Å². The molecule has 4 aromatic rings. The Bertz CT molecular complexity index is 1590. The Morgan fingerprint density at radius 1 is 0.895 bits per heavy atom. The summed E-state index contributed by atoms with van der Waals surface area (Å²) in [7, 11) is 0. The van der Waals surface area contributed by atoms with Gasteiger partial charge >= 0.3 is 0 Å². The molecule has 0 fully saturated rings. The minimum atomic E-state index is -0.647. The maximum atomic E-state index is 13.8. The highest BCUT2D eigenvalue weighted by atomic mass is 35.5. The van der Waals surface area contributed by atoms with Gasteiger partial charge in [-0.1, -0.05) is 65.2 Å². The maximum absolute atomic E-state index is 13.8. The number of fused-ring (bicyclic) bond motifs is 1. The molecule has 38 heavy (non-hydrogen) atoms. The molecule has 3 N–H and O–H groups in total. The number of carbonyl (C=O) groups is 2. The molecule has 2 amide bonds. The van der Waals surface area contributed by atoms with Crippen molar-refractivity contribution in [2.45, 2.75) is 33.7 Å². The first-order valence-corrected chi connectivity index (χ1v) is 12.7. The number of nitrogens with one attached hydrogen (secondary N) is 3. The van der Waals surface area contributed by atoms with Crippen LogP contribution in [0.5, 0.6) is 0 Å². The monoisotopic (exact) mass is 525 g/mol. The summed E-state index contributed by atoms with van der Waals surface area (Å²) >= 11 is 6.64. The van der Waals surface area contributed by atoms with Gasteiger partial charge in [0, 0.05) is 27.7 Å². The van der Waals surface area contributed by atoms with E-state index in [-0.39, 0.29) is 11.8 Å². The molecule has 7 nitrogen and oxygen atoms in total. The summed E-state index contributed by atoms with van der Waals surface area (Å²) in [6.07, 6.45) is 1.51. The summed E-state index contributed by atoms with van der Waals surface area (Å²) in [4.78, 5) is 27.0. The van der Waals surface area contributed by atoms with E-state index in [1.54, 1.807) is 10.7 Å². The molecule has 0 aliphatic carbocycles. The second-order valence-corrected chi connectivity index (χ2v) is 9.94. The lowest BCUT2D eigenvalue weighted by molar-refractivity contribution is -0.113. The third-order valence-corrected chi connectivity index (χ3v) is 7.00. The fourth-order valence-corrected chi connectivity index (χ4v) is 4.92. The zero-order valence-electron chi connectivity index (χ0n) is 21.6. The lowest BCUT2D eigenvalue weighted by atomic mass is 9.94. The van der Waals surface area contributed by atoms with Gasteiger partial charge in [0.1, 0.15) is 17.4 Å². The minimum Gasteiger partial charge on any atom is -0.343 e. The molecule has 1 aliphatic heterocycles. The van der Waals surface area contributed by atoms with Crippen LogP contribution in [0.3, 0.4) is 0 Å². The number of halogens is 1. The predicted octanol–water partition coefficient (Wildman–Crippen LogP) is 6.64. The van der Waals surface area contributed by atoms with Crippen molar-refractivity contribution < 1.29 is 9.59 Å². The summed E-state index contributed by atoms with van der Waals surface area (Å²) in [6, 6.07) is 20.1. The quantitative estimate of drug-likeness (QED) is 0.272. The number of rotatable bonds is 5. The summed E-state index contributed by atoms with van der Waals surface area (Å²) in [5, 5.41) is 14.3. The summed E-state index contributed by atoms with van der Waals surface area (Å²) < 4.78 is 1.65. The zero-order chi connectivity index (χ0) is 27.0. The molecule has 0 radical (unpaired) electrons. The van der Waals surface area contributed by atoms with E-state index < -0.39 is 6.04 Å². The van der Waals surface area contributed by atoms with Crippen molar-refractivity contribution in [3.05, 3.63) is 117 Å². The SMILES string of the molecule is CC1=C(C(=O)Nc2ccc(C)cc2C)[C@@H](c2ccccc2Cl)n2ncc(C(=O)Nc3ccc(C)cc3)c2N1. The summed E-state index contributed by atoms with van der Waals surface area (Å²) in [5.41, 5.74) is 6.71. The Hall–Kier alpha value is -4.36. The lowest BCUT2D eigenvalue weighted by Gasteiger charge is -2.30. The summed E-state index contributed by atoms with van der Waals surface area (Å²) in [6.45, 7) is 7.77. The molecule has 1 aromatic heterocycles. The smallest absolute Gasteiger partial charge is 0.261 e. The van der Waals surface area contributed by atoms with Crippen LogP contribution in [0.1, 0.15) is 45.6 Å². The highest BCUT2D eigenvalue weighted by Crippen LogP contribution is 2.40. The van der Waals surface area contributed by atoms with E-state index >= 15 is 0 Å². The number of aryl methyl sites for hydroxylation is 3. The van der Waals surface area contributed by atoms with Crippen LogP contribution in [-0.2, 0) is 4.79 Å². The van der Waals surface area contributed by atoms with Crippen molar-refractivity contribution in [2.75, 3.05) is 16.0 Å². The van der Waals surface area contributed by atoms with Crippen LogP contribution in [-0.4, -0.2) is 21.6 Å². The number of nitrogens with zero attached hydrogens (tertiary/aromatic N) is 2. The molecule has 5 rings (SSSR count). The van der Waals surface area contributed by atoms with Crippen LogP contribution in [0.2, 0.25) is 5.02 Å². The van der Waals surface area contributed by atoms with E-state index in [0.717, 1.165) is 22.4 Å². The van der Waals surface area contributed by atoms with E-state index in [0.29, 0.717) is 38.9 Å². The van der Waals surface area contributed by atoms with Gasteiger partial charge in [0.2, 0.25) is 0 Å². The molecular formula is C30H28ClN5O2. The van der Waals surface area contributed by atoms with Gasteiger partial charge in [0.05, 0.1) is 11.8 Å². The molecule has 0 saturated carbocycles. The Morgan fingerprint density at radius 2 is 1.61 bits per heavy atom. The van der Waals surface area contributed by atoms with Gasteiger partial charge < -0.3 is 16.0 Å². The Kier molecular flexibility index (Phi) is 6.78. The first kappa shape index (κ1) is 25.3. The predicted molar refractivity (Wildman–Crippen MR) is 152 cm³/mol. The van der Waals surface area contributed by atoms with Gasteiger partial charge in [-0.05, 0) is 57.5 Å². The number of aromatic nitrogens is 2. The fourth-order valence-electron chi connectivity index (χ4n) is 4.68. The number of hydrogen-bond donors (Lipinski definition) is 3. The number of carbonyl (C=O) groups excluding carboxylic acids is 2. The Labute approximate surface area is 226 Å². The van der Waals surface area contributed by atoms with E-state index in [1.165, 1.54) is 6.20 Å². The fraction of sp³-hybridized carbons (Fsp3) is 0.167. The number of hydrogen-bond acceptors (Lipinski definition) is 4. The summed E-state index contributed by atoms with van der Waals surface area (Å²) in [5.74, 6) is -0.102. The van der Waals surface area contributed by atoms with E-state index in [2.05, 4.69) is 21.0 Å². The van der Waals surface area contributed by atoms with Crippen molar-refractivity contribution in [3.8, 4) is 0 Å². The van der Waals surface area contributed by atoms with Crippen LogP contribution in [0, 0.1) is 20.8 Å². The van der Waals surface area contributed by atoms with Crippen molar-refractivity contribution in [3.63, 3.8) is 0 Å². The van der Waals surface area contributed by atoms with Gasteiger partial charge in [-0.15, -0.1) is 0 Å². The normalized spacial score (nSPS) is 14.5. The molecule has 2 heterocycles. The van der Waals surface area contributed by atoms with Crippen LogP contribution in [0.15, 0.2) is 84.2 Å². The molecule has 0 bridgehead atoms. The largest absolute Gasteiger partial charge is 0.343 e. The average Bonchev–Trinajstić information content (AvgIpc) is 3.30. The third kappa shape index (κ3) is 4.80. The number of amides is 2. The van der Waals surface area contributed by atoms with Crippen molar-refractivity contribution in [1.29, 1.82) is 0 Å². The first-order chi connectivity index (χ1) is 18.2. The molecule has 8 heteroatoms. The van der Waals surface area contributed by atoms with Crippen molar-refractivity contribution in [2.24, 2.45) is 0 Å². The Morgan fingerprint density at radius 3 is 2.32 bits per heavy atom. The third-order valence-electron chi connectivity index (χ3n) is 6.65. The molecule has 3 aromatic carbocycles. The zero-order valence-corrected chi connectivity index (χ0v) is 22.4. The lowest BCUT2D eigenvalue weighted by Crippen LogP contribution is -2.32. The van der Waals surface area contributed by atoms with Crippen LogP contribution in [0.4, 0.5) is 17.2 Å². The standard InChI is InChI=1S/C30H28ClN5O2/c1-17-9-12-21(13-10-17)34-29(37)23-16-32-36-27(22-7-5-6-8-24(22)31)26(20(4)33-28(23)36)30(38)35-25-14-11-18(2)15-19(25)3/h5-16,27,33H,1-4H3,(H,34,37)(H,35,38)/t27-/m1/s1. The van der Waals surface area contributed by atoms with Crippen LogP contribution >= 0.6 is 11.6 Å². The van der Waals surface area contributed by atoms with Gasteiger partial charge in [-0.2, -0.15) is 5.10 Å². The van der Waals surface area contributed by atoms with Crippen LogP contribution in [0.25, 0.3) is 0 Å². The maximum Gasteiger partial charge on any atom is 0.261 e. The highest BCUT2D eigenvalue weighted by Gasteiger charge is 2.36. The van der Waals surface area contributed by atoms with E-state index in [1.807, 2.05) is 88.4 Å². The molecule has 1 atom stereocenters. The van der Waals surface area contributed by atoms with Crippen molar-refractivity contribution in [1.82, 2.24) is 9.78 Å². The molecule has 192 valence electrons. The average molecular weight is 526 g/mol. The molecule has 0 saturated heterocycles. The van der Waals surface area contributed by atoms with Gasteiger partial charge in [0.25, 0.3) is 11.8 Å². The second kappa shape index (κ2) is 10.2. The van der Waals surface area contributed by atoms with E-state index in [4.69, 9.17) is 11.6 Å². The molecule has 0 spiro atoms. The highest BCUT2D eigenvalue weighted by molar-refractivity contribution is 6.31. The second-order valence-electron chi connectivity index (χ2n) is 9.53. The van der Waals surface area contributed by atoms with Gasteiger partial charge in [-0.25, -0.2) is 4.68 Å². The number of allylic oxidation sites excluding steroid dienone is 1. The molecular weight excluding hydrogens is 498 g/mol.